The van der Waals surface area contributed by atoms with Gasteiger partial charge in [0.15, 0.2) is 5.96 Å². The molecule has 0 saturated carbocycles. The van der Waals surface area contributed by atoms with E-state index in [4.69, 9.17) is 4.74 Å². The fourth-order valence-electron chi connectivity index (χ4n) is 2.74. The maximum absolute atomic E-state index is 11.9. The van der Waals surface area contributed by atoms with Crippen LogP contribution >= 0.6 is 35.3 Å². The van der Waals surface area contributed by atoms with E-state index in [1.165, 1.54) is 4.88 Å². The summed E-state index contributed by atoms with van der Waals surface area (Å²) in [6.07, 6.45) is 0. The molecule has 0 bridgehead atoms. The minimum atomic E-state index is -0.0105. The van der Waals surface area contributed by atoms with Gasteiger partial charge < -0.3 is 20.3 Å². The predicted molar refractivity (Wildman–Crippen MR) is 127 cm³/mol. The molecule has 0 aliphatic carbocycles. The van der Waals surface area contributed by atoms with Gasteiger partial charge in [0.25, 0.3) is 0 Å². The topological polar surface area (TPSA) is 69.2 Å². The molecule has 2 heterocycles. The SMILES string of the molecule is CC(C)CNC(=NCC(=O)N(C)C)NCC(c1cccs1)N1CCOCC1.I. The van der Waals surface area contributed by atoms with E-state index in [-0.39, 0.29) is 42.5 Å². The van der Waals surface area contributed by atoms with Crippen LogP contribution in [0.15, 0.2) is 22.5 Å². The van der Waals surface area contributed by atoms with Crippen molar-refractivity contribution in [2.24, 2.45) is 10.9 Å². The highest BCUT2D eigenvalue weighted by molar-refractivity contribution is 14.0. The van der Waals surface area contributed by atoms with Gasteiger partial charge in [-0.15, -0.1) is 35.3 Å². The van der Waals surface area contributed by atoms with E-state index in [0.717, 1.165) is 39.4 Å². The molecule has 1 aliphatic rings. The molecule has 0 radical (unpaired) electrons. The number of nitrogens with one attached hydrogen (secondary N) is 2. The Balaban J connectivity index is 0.00000392. The molecule has 1 saturated heterocycles. The third-order valence-electron chi connectivity index (χ3n) is 4.37. The number of aliphatic imine (C=N–C) groups is 1. The highest BCUT2D eigenvalue weighted by atomic mass is 127. The number of guanidine groups is 1. The number of carbonyl (C=O) groups excluding carboxylic acids is 1. The molecule has 7 nitrogen and oxygen atoms in total. The van der Waals surface area contributed by atoms with Crippen LogP contribution in [0.4, 0.5) is 0 Å². The summed E-state index contributed by atoms with van der Waals surface area (Å²) in [5.41, 5.74) is 0. The Labute approximate surface area is 189 Å². The first kappa shape index (κ1) is 25.1. The van der Waals surface area contributed by atoms with Crippen LogP contribution in [-0.4, -0.2) is 81.7 Å². The van der Waals surface area contributed by atoms with E-state index >= 15 is 0 Å². The second-order valence-corrected chi connectivity index (χ2v) is 8.27. The average molecular weight is 523 g/mol. The van der Waals surface area contributed by atoms with Crippen LogP contribution in [0.25, 0.3) is 0 Å². The summed E-state index contributed by atoms with van der Waals surface area (Å²) in [5.74, 6) is 1.17. The smallest absolute Gasteiger partial charge is 0.243 e. The first-order chi connectivity index (χ1) is 13.0. The Morgan fingerprint density at radius 3 is 2.54 bits per heavy atom. The fraction of sp³-hybridized carbons (Fsp3) is 0.684. The number of likely N-dealkylation sites (N-methyl/N-ethyl adjacent to an activating group) is 1. The zero-order chi connectivity index (χ0) is 19.6. The number of hydrogen-bond donors (Lipinski definition) is 2. The standard InChI is InChI=1S/C19H33N5O2S.HI/c1-15(2)12-20-19(22-14-18(25)23(3)4)21-13-16(17-6-5-11-27-17)24-7-9-26-10-8-24;/h5-6,11,15-16H,7-10,12-14H2,1-4H3,(H2,20,21,22);1H. The van der Waals surface area contributed by atoms with Gasteiger partial charge in [0, 0.05) is 45.2 Å². The summed E-state index contributed by atoms with van der Waals surface area (Å²) < 4.78 is 5.51. The van der Waals surface area contributed by atoms with Gasteiger partial charge in [0.2, 0.25) is 5.91 Å². The van der Waals surface area contributed by atoms with E-state index < -0.39 is 0 Å². The molecule has 0 aromatic carbocycles. The van der Waals surface area contributed by atoms with Crippen molar-refractivity contribution in [3.8, 4) is 0 Å². The number of thiophene rings is 1. The van der Waals surface area contributed by atoms with Crippen molar-refractivity contribution >= 4 is 47.2 Å². The van der Waals surface area contributed by atoms with Gasteiger partial charge >= 0.3 is 0 Å². The zero-order valence-corrected chi connectivity index (χ0v) is 20.5. The van der Waals surface area contributed by atoms with Gasteiger partial charge in [0.1, 0.15) is 6.54 Å². The molecule has 1 aliphatic heterocycles. The quantitative estimate of drug-likeness (QED) is 0.310. The molecule has 1 atom stereocenters. The van der Waals surface area contributed by atoms with Gasteiger partial charge in [-0.05, 0) is 17.4 Å². The third-order valence-corrected chi connectivity index (χ3v) is 5.34. The minimum Gasteiger partial charge on any atom is -0.379 e. The average Bonchev–Trinajstić information content (AvgIpc) is 3.18. The lowest BCUT2D eigenvalue weighted by molar-refractivity contribution is -0.127. The number of carbonyl (C=O) groups is 1. The molecule has 9 heteroatoms. The lowest BCUT2D eigenvalue weighted by Gasteiger charge is -2.34. The summed E-state index contributed by atoms with van der Waals surface area (Å²) in [4.78, 5) is 21.7. The van der Waals surface area contributed by atoms with Crippen molar-refractivity contribution in [2.45, 2.75) is 19.9 Å². The fourth-order valence-corrected chi connectivity index (χ4v) is 3.60. The molecule has 2 N–H and O–H groups in total. The van der Waals surface area contributed by atoms with Crippen molar-refractivity contribution in [2.75, 3.05) is 60.0 Å². The summed E-state index contributed by atoms with van der Waals surface area (Å²) in [5, 5.41) is 8.91. The largest absolute Gasteiger partial charge is 0.379 e. The first-order valence-corrected chi connectivity index (χ1v) is 10.4. The highest BCUT2D eigenvalue weighted by Crippen LogP contribution is 2.25. The third kappa shape index (κ3) is 8.62. The molecule has 1 fully saturated rings. The van der Waals surface area contributed by atoms with Crippen LogP contribution in [0, 0.1) is 5.92 Å². The van der Waals surface area contributed by atoms with Crippen LogP contribution in [0.5, 0.6) is 0 Å². The van der Waals surface area contributed by atoms with Crippen molar-refractivity contribution in [3.63, 3.8) is 0 Å². The van der Waals surface area contributed by atoms with Crippen LogP contribution in [0.3, 0.4) is 0 Å². The number of morpholine rings is 1. The second kappa shape index (κ2) is 13.3. The summed E-state index contributed by atoms with van der Waals surface area (Å²) >= 11 is 1.77. The number of hydrogen-bond acceptors (Lipinski definition) is 5. The lowest BCUT2D eigenvalue weighted by Crippen LogP contribution is -2.47. The second-order valence-electron chi connectivity index (χ2n) is 7.29. The van der Waals surface area contributed by atoms with Crippen molar-refractivity contribution < 1.29 is 9.53 Å². The van der Waals surface area contributed by atoms with Crippen molar-refractivity contribution in [1.82, 2.24) is 20.4 Å². The Hall–Kier alpha value is -0.910. The number of nitrogens with zero attached hydrogens (tertiary/aromatic N) is 3. The number of amides is 1. The van der Waals surface area contributed by atoms with Crippen LogP contribution < -0.4 is 10.6 Å². The van der Waals surface area contributed by atoms with E-state index in [2.05, 4.69) is 51.9 Å². The summed E-state index contributed by atoms with van der Waals surface area (Å²) in [6.45, 7) is 9.38. The van der Waals surface area contributed by atoms with Crippen molar-refractivity contribution in [1.29, 1.82) is 0 Å². The van der Waals surface area contributed by atoms with Gasteiger partial charge in [-0.1, -0.05) is 19.9 Å². The Morgan fingerprint density at radius 2 is 1.96 bits per heavy atom. The monoisotopic (exact) mass is 523 g/mol. The normalized spacial score (nSPS) is 16.4. The summed E-state index contributed by atoms with van der Waals surface area (Å²) in [6, 6.07) is 4.54. The lowest BCUT2D eigenvalue weighted by atomic mass is 10.2. The van der Waals surface area contributed by atoms with Gasteiger partial charge in [-0.3, -0.25) is 9.69 Å². The molecule has 1 amide bonds. The van der Waals surface area contributed by atoms with Gasteiger partial charge in [0.05, 0.1) is 19.3 Å². The van der Waals surface area contributed by atoms with Crippen molar-refractivity contribution in [3.05, 3.63) is 22.4 Å². The first-order valence-electron chi connectivity index (χ1n) is 9.55. The summed E-state index contributed by atoms with van der Waals surface area (Å²) in [7, 11) is 3.50. The minimum absolute atomic E-state index is 0. The van der Waals surface area contributed by atoms with Crippen LogP contribution in [0.1, 0.15) is 24.8 Å². The Bertz CT molecular complexity index is 589. The molecule has 1 aromatic rings. The maximum atomic E-state index is 11.9. The molecular weight excluding hydrogens is 489 g/mol. The number of ether oxygens (including phenoxy) is 1. The molecule has 1 aromatic heterocycles. The van der Waals surface area contributed by atoms with Crippen LogP contribution in [0.2, 0.25) is 0 Å². The number of rotatable bonds is 8. The molecule has 0 spiro atoms. The Morgan fingerprint density at radius 1 is 1.29 bits per heavy atom. The number of halogens is 1. The molecule has 1 unspecified atom stereocenters. The predicted octanol–water partition coefficient (Wildman–Crippen LogP) is 2.02. The maximum Gasteiger partial charge on any atom is 0.243 e. The van der Waals surface area contributed by atoms with E-state index in [9.17, 15) is 4.79 Å². The molecule has 2 rings (SSSR count). The van der Waals surface area contributed by atoms with E-state index in [1.54, 1.807) is 30.3 Å². The molecule has 28 heavy (non-hydrogen) atoms. The highest BCUT2D eigenvalue weighted by Gasteiger charge is 2.23. The van der Waals surface area contributed by atoms with Gasteiger partial charge in [-0.25, -0.2) is 4.99 Å². The van der Waals surface area contributed by atoms with E-state index in [0.29, 0.717) is 11.9 Å². The van der Waals surface area contributed by atoms with Gasteiger partial charge in [-0.2, -0.15) is 0 Å². The van der Waals surface area contributed by atoms with E-state index in [1.807, 2.05) is 0 Å². The molecular formula is C19H34IN5O2S. The van der Waals surface area contributed by atoms with Crippen LogP contribution in [-0.2, 0) is 9.53 Å². The zero-order valence-electron chi connectivity index (χ0n) is 17.3. The Kier molecular flexibility index (Phi) is 12.0. The molecule has 160 valence electrons.